The van der Waals surface area contributed by atoms with Crippen LogP contribution < -0.4 is 0 Å². The average Bonchev–Trinajstić information content (AvgIpc) is 3.09. The SMILES string of the molecule is CC(C)[C@H](CC[N+](=O)[O-])C(=O)N1C(=O)OC(c2ccccc2)(c2ccccc2)[C@@H]1C(C)C. The van der Waals surface area contributed by atoms with Gasteiger partial charge in [-0.2, -0.15) is 0 Å². The Balaban J connectivity index is 2.15. The highest BCUT2D eigenvalue weighted by Crippen LogP contribution is 2.48. The lowest BCUT2D eigenvalue weighted by Crippen LogP contribution is -2.52. The third-order valence-electron chi connectivity index (χ3n) is 6.16. The van der Waals surface area contributed by atoms with Crippen LogP contribution in [0.1, 0.15) is 45.2 Å². The van der Waals surface area contributed by atoms with E-state index in [1.807, 2.05) is 88.4 Å². The Hall–Kier alpha value is -3.22. The van der Waals surface area contributed by atoms with Gasteiger partial charge < -0.3 is 4.74 Å². The first kappa shape index (κ1) is 23.4. The topological polar surface area (TPSA) is 89.8 Å². The summed E-state index contributed by atoms with van der Waals surface area (Å²) in [6, 6.07) is 18.3. The largest absolute Gasteiger partial charge is 0.430 e. The Morgan fingerprint density at radius 2 is 1.53 bits per heavy atom. The zero-order chi connectivity index (χ0) is 23.5. The van der Waals surface area contributed by atoms with Gasteiger partial charge in [0, 0.05) is 28.4 Å². The van der Waals surface area contributed by atoms with E-state index in [2.05, 4.69) is 0 Å². The first-order valence-corrected chi connectivity index (χ1v) is 11.0. The summed E-state index contributed by atoms with van der Waals surface area (Å²) in [6.07, 6.45) is -0.643. The summed E-state index contributed by atoms with van der Waals surface area (Å²) >= 11 is 0. The molecule has 32 heavy (non-hydrogen) atoms. The number of carbonyl (C=O) groups is 2. The van der Waals surface area contributed by atoms with Crippen molar-refractivity contribution in [3.8, 4) is 0 Å². The molecule has 2 aromatic carbocycles. The first-order chi connectivity index (χ1) is 15.2. The van der Waals surface area contributed by atoms with Gasteiger partial charge in [-0.15, -0.1) is 0 Å². The van der Waals surface area contributed by atoms with Crippen LogP contribution in [-0.4, -0.2) is 34.4 Å². The molecule has 7 heteroatoms. The summed E-state index contributed by atoms with van der Waals surface area (Å²) in [5, 5.41) is 11.0. The number of nitro groups is 1. The van der Waals surface area contributed by atoms with Crippen molar-refractivity contribution in [2.45, 2.75) is 45.8 Å². The van der Waals surface area contributed by atoms with Crippen molar-refractivity contribution in [2.75, 3.05) is 6.54 Å². The predicted octanol–water partition coefficient (Wildman–Crippen LogP) is 4.87. The molecular weight excluding hydrogens is 408 g/mol. The van der Waals surface area contributed by atoms with Crippen molar-refractivity contribution in [1.82, 2.24) is 4.90 Å². The Morgan fingerprint density at radius 1 is 1.03 bits per heavy atom. The van der Waals surface area contributed by atoms with Crippen molar-refractivity contribution in [2.24, 2.45) is 17.8 Å². The molecule has 1 aliphatic heterocycles. The van der Waals surface area contributed by atoms with Gasteiger partial charge in [-0.1, -0.05) is 88.4 Å². The molecule has 1 fully saturated rings. The van der Waals surface area contributed by atoms with Crippen LogP contribution in [0.25, 0.3) is 0 Å². The molecule has 0 aromatic heterocycles. The zero-order valence-electron chi connectivity index (χ0n) is 18.9. The predicted molar refractivity (Wildman–Crippen MR) is 120 cm³/mol. The van der Waals surface area contributed by atoms with Gasteiger partial charge in [0.15, 0.2) is 5.60 Å². The number of carbonyl (C=O) groups excluding carboxylic acids is 2. The molecule has 3 rings (SSSR count). The maximum absolute atomic E-state index is 13.7. The molecule has 0 bridgehead atoms. The number of benzene rings is 2. The molecule has 0 aliphatic carbocycles. The lowest BCUT2D eigenvalue weighted by atomic mass is 9.75. The molecule has 2 amide bonds. The summed E-state index contributed by atoms with van der Waals surface area (Å²) in [5.41, 5.74) is 0.383. The second-order valence-corrected chi connectivity index (χ2v) is 8.93. The highest BCUT2D eigenvalue weighted by atomic mass is 16.6. The Labute approximate surface area is 188 Å². The Kier molecular flexibility index (Phi) is 6.96. The van der Waals surface area contributed by atoms with Gasteiger partial charge in [0.1, 0.15) is 0 Å². The zero-order valence-corrected chi connectivity index (χ0v) is 18.9. The Morgan fingerprint density at radius 3 is 1.94 bits per heavy atom. The van der Waals surface area contributed by atoms with Crippen LogP contribution in [0.15, 0.2) is 60.7 Å². The van der Waals surface area contributed by atoms with Crippen LogP contribution in [0.5, 0.6) is 0 Å². The van der Waals surface area contributed by atoms with Crippen LogP contribution in [0.3, 0.4) is 0 Å². The Bertz CT molecular complexity index is 919. The van der Waals surface area contributed by atoms with Crippen molar-refractivity contribution >= 4 is 12.0 Å². The lowest BCUT2D eigenvalue weighted by Gasteiger charge is -2.38. The quantitative estimate of drug-likeness (QED) is 0.433. The van der Waals surface area contributed by atoms with E-state index in [1.165, 1.54) is 4.90 Å². The minimum atomic E-state index is -1.17. The molecule has 2 atom stereocenters. The standard InChI is InChI=1S/C25H30N2O5/c1-17(2)21(15-16-26(30)31)23(28)27-22(18(3)4)25(32-24(27)29,19-11-7-5-8-12-19)20-13-9-6-10-14-20/h5-14,17-18,21-22H,15-16H2,1-4H3/t21-,22-/m0/s1. The number of ether oxygens (including phenoxy) is 1. The second kappa shape index (κ2) is 9.51. The van der Waals surface area contributed by atoms with Crippen molar-refractivity contribution in [3.63, 3.8) is 0 Å². The normalized spacial score (nSPS) is 18.6. The van der Waals surface area contributed by atoms with Gasteiger partial charge in [0.05, 0.1) is 6.04 Å². The van der Waals surface area contributed by atoms with Crippen LogP contribution >= 0.6 is 0 Å². The number of hydrogen-bond acceptors (Lipinski definition) is 5. The minimum Gasteiger partial charge on any atom is -0.430 e. The third kappa shape index (κ3) is 4.24. The molecule has 0 unspecified atom stereocenters. The highest BCUT2D eigenvalue weighted by molar-refractivity contribution is 5.96. The molecule has 2 aromatic rings. The van der Waals surface area contributed by atoms with E-state index < -0.39 is 34.5 Å². The molecule has 0 saturated carbocycles. The summed E-state index contributed by atoms with van der Waals surface area (Å²) in [7, 11) is 0. The van der Waals surface area contributed by atoms with Crippen LogP contribution in [0.4, 0.5) is 4.79 Å². The fraction of sp³-hybridized carbons (Fsp3) is 0.440. The number of nitrogens with zero attached hydrogens (tertiary/aromatic N) is 2. The molecule has 0 spiro atoms. The maximum Gasteiger partial charge on any atom is 0.418 e. The van der Waals surface area contributed by atoms with E-state index in [9.17, 15) is 19.7 Å². The second-order valence-electron chi connectivity index (χ2n) is 8.93. The lowest BCUT2D eigenvalue weighted by molar-refractivity contribution is -0.481. The average molecular weight is 439 g/mol. The molecule has 170 valence electrons. The highest BCUT2D eigenvalue weighted by Gasteiger charge is 2.60. The first-order valence-electron chi connectivity index (χ1n) is 11.0. The molecule has 7 nitrogen and oxygen atoms in total. The van der Waals surface area contributed by atoms with Crippen LogP contribution in [0.2, 0.25) is 0 Å². The van der Waals surface area contributed by atoms with Gasteiger partial charge in [-0.05, 0) is 11.8 Å². The van der Waals surface area contributed by atoms with Crippen molar-refractivity contribution < 1.29 is 19.2 Å². The van der Waals surface area contributed by atoms with Crippen LogP contribution in [0, 0.1) is 27.9 Å². The van der Waals surface area contributed by atoms with E-state index >= 15 is 0 Å². The van der Waals surface area contributed by atoms with E-state index in [4.69, 9.17) is 4.74 Å². The molecule has 1 aliphatic rings. The van der Waals surface area contributed by atoms with Gasteiger partial charge >= 0.3 is 6.09 Å². The molecule has 0 radical (unpaired) electrons. The van der Waals surface area contributed by atoms with Crippen LogP contribution in [-0.2, 0) is 15.1 Å². The number of hydrogen-bond donors (Lipinski definition) is 0. The number of imide groups is 1. The van der Waals surface area contributed by atoms with Gasteiger partial charge in [0.2, 0.25) is 12.5 Å². The summed E-state index contributed by atoms with van der Waals surface area (Å²) in [6.45, 7) is 7.27. The monoisotopic (exact) mass is 438 g/mol. The molecule has 0 N–H and O–H groups in total. The molecule has 1 heterocycles. The number of amides is 2. The van der Waals surface area contributed by atoms with Gasteiger partial charge in [0.25, 0.3) is 0 Å². The fourth-order valence-electron chi connectivity index (χ4n) is 4.70. The molecular formula is C25H30N2O5. The maximum atomic E-state index is 13.7. The van der Waals surface area contributed by atoms with Gasteiger partial charge in [-0.3, -0.25) is 14.9 Å². The van der Waals surface area contributed by atoms with E-state index in [-0.39, 0.29) is 24.8 Å². The van der Waals surface area contributed by atoms with Crippen molar-refractivity contribution in [1.29, 1.82) is 0 Å². The minimum absolute atomic E-state index is 0.0712. The smallest absolute Gasteiger partial charge is 0.418 e. The van der Waals surface area contributed by atoms with E-state index in [1.54, 1.807) is 0 Å². The van der Waals surface area contributed by atoms with E-state index in [0.717, 1.165) is 11.1 Å². The molecule has 1 saturated heterocycles. The summed E-state index contributed by atoms with van der Waals surface area (Å²) < 4.78 is 6.12. The van der Waals surface area contributed by atoms with Gasteiger partial charge in [-0.25, -0.2) is 9.69 Å². The summed E-state index contributed by atoms with van der Waals surface area (Å²) in [5.74, 6) is -1.36. The third-order valence-corrected chi connectivity index (χ3v) is 6.16. The van der Waals surface area contributed by atoms with E-state index in [0.29, 0.717) is 0 Å². The summed E-state index contributed by atoms with van der Waals surface area (Å²) in [4.78, 5) is 38.7. The number of cyclic esters (lactones) is 1. The fourth-order valence-corrected chi connectivity index (χ4v) is 4.70. The van der Waals surface area contributed by atoms with Crippen molar-refractivity contribution in [3.05, 3.63) is 81.9 Å². The number of rotatable bonds is 8.